The molecule has 0 spiro atoms. The van der Waals surface area contributed by atoms with E-state index >= 15 is 0 Å². The normalized spacial score (nSPS) is 26.6. The van der Waals surface area contributed by atoms with Crippen LogP contribution < -0.4 is 11.2 Å². The van der Waals surface area contributed by atoms with Crippen LogP contribution in [0.4, 0.5) is 11.4 Å². The lowest BCUT2D eigenvalue weighted by Crippen LogP contribution is -2.47. The van der Waals surface area contributed by atoms with Gasteiger partial charge in [0.05, 0.1) is 17.6 Å². The fraction of sp³-hybridized carbons (Fsp3) is 0.583. The highest BCUT2D eigenvalue weighted by Gasteiger charge is 2.24. The molecular weight excluding hydrogens is 200 g/mol. The highest BCUT2D eigenvalue weighted by atomic mass is 15.5. The van der Waals surface area contributed by atoms with Crippen LogP contribution in [0.25, 0.3) is 0 Å². The van der Waals surface area contributed by atoms with Gasteiger partial charge in [-0.25, -0.2) is 5.01 Å². The lowest BCUT2D eigenvalue weighted by atomic mass is 10.00. The number of hydrogen-bond donors (Lipinski definition) is 2. The van der Waals surface area contributed by atoms with Crippen LogP contribution >= 0.6 is 0 Å². The van der Waals surface area contributed by atoms with E-state index in [1.54, 1.807) is 12.4 Å². The van der Waals surface area contributed by atoms with Gasteiger partial charge in [-0.1, -0.05) is 6.42 Å². The van der Waals surface area contributed by atoms with Crippen molar-refractivity contribution in [3.05, 3.63) is 18.5 Å². The van der Waals surface area contributed by atoms with Crippen LogP contribution in [0.3, 0.4) is 0 Å². The average molecular weight is 220 g/mol. The smallest absolute Gasteiger partial charge is 0.0751 e. The van der Waals surface area contributed by atoms with Gasteiger partial charge in [-0.2, -0.15) is 0 Å². The first-order valence-electron chi connectivity index (χ1n) is 5.93. The molecule has 4 nitrogen and oxygen atoms in total. The third-order valence-corrected chi connectivity index (χ3v) is 3.29. The number of hydrogen-bond acceptors (Lipinski definition) is 4. The van der Waals surface area contributed by atoms with Gasteiger partial charge in [-0.15, -0.1) is 0 Å². The van der Waals surface area contributed by atoms with E-state index in [2.05, 4.69) is 29.3 Å². The van der Waals surface area contributed by atoms with Gasteiger partial charge in [0.1, 0.15) is 0 Å². The number of piperidine rings is 1. The van der Waals surface area contributed by atoms with Crippen molar-refractivity contribution in [1.82, 2.24) is 9.99 Å². The van der Waals surface area contributed by atoms with Crippen LogP contribution in [0.15, 0.2) is 18.5 Å². The number of aromatic nitrogens is 1. The molecule has 3 N–H and O–H groups in total. The molecule has 0 radical (unpaired) electrons. The second-order valence-electron chi connectivity index (χ2n) is 4.61. The maximum absolute atomic E-state index is 5.88. The van der Waals surface area contributed by atoms with E-state index in [-0.39, 0.29) is 0 Å². The van der Waals surface area contributed by atoms with E-state index in [4.69, 9.17) is 5.73 Å². The Bertz CT molecular complexity index is 343. The predicted molar refractivity (Wildman–Crippen MR) is 66.9 cm³/mol. The Morgan fingerprint density at radius 2 is 2.06 bits per heavy atom. The molecule has 4 heteroatoms. The molecule has 0 bridgehead atoms. The molecule has 1 aliphatic rings. The Morgan fingerprint density at radius 3 is 2.69 bits per heavy atom. The van der Waals surface area contributed by atoms with Gasteiger partial charge < -0.3 is 11.2 Å². The fourth-order valence-corrected chi connectivity index (χ4v) is 2.29. The van der Waals surface area contributed by atoms with Crippen LogP contribution in [-0.2, 0) is 0 Å². The molecule has 1 aromatic rings. The van der Waals surface area contributed by atoms with Gasteiger partial charge >= 0.3 is 0 Å². The van der Waals surface area contributed by atoms with E-state index < -0.39 is 0 Å². The monoisotopic (exact) mass is 220 g/mol. The second-order valence-corrected chi connectivity index (χ2v) is 4.61. The Balaban J connectivity index is 2.11. The molecule has 16 heavy (non-hydrogen) atoms. The lowest BCUT2D eigenvalue weighted by Gasteiger charge is -2.39. The fourth-order valence-electron chi connectivity index (χ4n) is 2.29. The summed E-state index contributed by atoms with van der Waals surface area (Å²) in [6.45, 7) is 4.50. The molecular formula is C12H20N4. The van der Waals surface area contributed by atoms with Crippen LogP contribution in [0.2, 0.25) is 0 Å². The zero-order valence-electron chi connectivity index (χ0n) is 9.98. The zero-order valence-corrected chi connectivity index (χ0v) is 9.98. The summed E-state index contributed by atoms with van der Waals surface area (Å²) in [6, 6.07) is 3.02. The molecule has 1 fully saturated rings. The van der Waals surface area contributed by atoms with Crippen LogP contribution in [-0.4, -0.2) is 22.1 Å². The quantitative estimate of drug-likeness (QED) is 0.802. The summed E-state index contributed by atoms with van der Waals surface area (Å²) < 4.78 is 0. The van der Waals surface area contributed by atoms with Gasteiger partial charge in [-0.05, 0) is 32.8 Å². The molecule has 1 aliphatic heterocycles. The number of hydrazine groups is 1. The Hall–Kier alpha value is -1.29. The zero-order chi connectivity index (χ0) is 11.5. The average Bonchev–Trinajstić information content (AvgIpc) is 2.26. The molecule has 2 atom stereocenters. The summed E-state index contributed by atoms with van der Waals surface area (Å²) in [5, 5.41) is 2.30. The molecule has 0 aliphatic carbocycles. The van der Waals surface area contributed by atoms with Gasteiger partial charge in [0.2, 0.25) is 0 Å². The van der Waals surface area contributed by atoms with Crippen molar-refractivity contribution < 1.29 is 0 Å². The minimum Gasteiger partial charge on any atom is -0.396 e. The van der Waals surface area contributed by atoms with E-state index in [1.165, 1.54) is 19.3 Å². The maximum atomic E-state index is 5.88. The van der Waals surface area contributed by atoms with E-state index in [0.717, 1.165) is 5.69 Å². The molecule has 88 valence electrons. The van der Waals surface area contributed by atoms with Crippen molar-refractivity contribution in [3.8, 4) is 0 Å². The topological polar surface area (TPSA) is 54.2 Å². The summed E-state index contributed by atoms with van der Waals surface area (Å²) in [6.07, 6.45) is 7.23. The van der Waals surface area contributed by atoms with E-state index in [0.29, 0.717) is 17.8 Å². The second kappa shape index (κ2) is 4.70. The standard InChI is InChI=1S/C12H20N4/c1-9-4-3-5-10(2)16(9)15-12-6-7-14-8-11(12)13/h6-10H,3-5,13H2,1-2H3,(H,14,15). The number of rotatable bonds is 2. The predicted octanol–water partition coefficient (Wildman–Crippen LogP) is 2.25. The molecule has 2 unspecified atom stereocenters. The summed E-state index contributed by atoms with van der Waals surface area (Å²) in [5.74, 6) is 0. The maximum Gasteiger partial charge on any atom is 0.0751 e. The number of nitrogens with zero attached hydrogens (tertiary/aromatic N) is 2. The first-order valence-corrected chi connectivity index (χ1v) is 5.93. The summed E-state index contributed by atoms with van der Waals surface area (Å²) in [7, 11) is 0. The van der Waals surface area contributed by atoms with Crippen LogP contribution in [0.5, 0.6) is 0 Å². The third kappa shape index (κ3) is 2.27. The molecule has 0 saturated carbocycles. The highest BCUT2D eigenvalue weighted by Crippen LogP contribution is 2.25. The Morgan fingerprint density at radius 1 is 1.38 bits per heavy atom. The Labute approximate surface area is 96.8 Å². The van der Waals surface area contributed by atoms with Gasteiger partial charge in [0.25, 0.3) is 0 Å². The highest BCUT2D eigenvalue weighted by molar-refractivity contribution is 5.63. The third-order valence-electron chi connectivity index (χ3n) is 3.29. The number of nitrogen functional groups attached to an aromatic ring is 1. The largest absolute Gasteiger partial charge is 0.396 e. The number of pyridine rings is 1. The van der Waals surface area contributed by atoms with Crippen LogP contribution in [0.1, 0.15) is 33.1 Å². The first kappa shape index (κ1) is 11.2. The minimum absolute atomic E-state index is 0.552. The summed E-state index contributed by atoms with van der Waals surface area (Å²) in [5.41, 5.74) is 10.9. The first-order chi connectivity index (χ1) is 7.68. The molecule has 0 amide bonds. The lowest BCUT2D eigenvalue weighted by molar-refractivity contribution is 0.136. The number of nitrogens with one attached hydrogen (secondary N) is 1. The van der Waals surface area contributed by atoms with E-state index in [9.17, 15) is 0 Å². The Kier molecular flexibility index (Phi) is 3.29. The number of anilines is 2. The van der Waals surface area contributed by atoms with Crippen molar-refractivity contribution in [1.29, 1.82) is 0 Å². The minimum atomic E-state index is 0.552. The molecule has 2 heterocycles. The summed E-state index contributed by atoms with van der Waals surface area (Å²) in [4.78, 5) is 3.99. The van der Waals surface area contributed by atoms with Gasteiger partial charge in [-0.3, -0.25) is 4.98 Å². The van der Waals surface area contributed by atoms with E-state index in [1.807, 2.05) is 6.07 Å². The molecule has 2 rings (SSSR count). The van der Waals surface area contributed by atoms with Gasteiger partial charge in [0, 0.05) is 18.3 Å². The molecule has 0 aromatic carbocycles. The van der Waals surface area contributed by atoms with Crippen molar-refractivity contribution in [2.45, 2.75) is 45.2 Å². The van der Waals surface area contributed by atoms with Gasteiger partial charge in [0.15, 0.2) is 0 Å². The summed E-state index contributed by atoms with van der Waals surface area (Å²) >= 11 is 0. The number of nitrogens with two attached hydrogens (primary N) is 1. The van der Waals surface area contributed by atoms with Crippen molar-refractivity contribution in [3.63, 3.8) is 0 Å². The van der Waals surface area contributed by atoms with Crippen molar-refractivity contribution in [2.24, 2.45) is 0 Å². The SMILES string of the molecule is CC1CCCC(C)N1Nc1ccncc1N. The van der Waals surface area contributed by atoms with Crippen molar-refractivity contribution >= 4 is 11.4 Å². The van der Waals surface area contributed by atoms with Crippen LogP contribution in [0, 0.1) is 0 Å². The molecule has 1 aromatic heterocycles. The van der Waals surface area contributed by atoms with Crippen molar-refractivity contribution in [2.75, 3.05) is 11.2 Å². The molecule has 1 saturated heterocycles.